The van der Waals surface area contributed by atoms with Gasteiger partial charge in [0.05, 0.1) is 11.8 Å². The molecule has 2 unspecified atom stereocenters. The molecule has 2 atom stereocenters. The molecular formula is C14H20O8. The molecule has 0 saturated carbocycles. The third kappa shape index (κ3) is 11.2. The number of carboxylic acid groups (broad SMARTS) is 4. The van der Waals surface area contributed by atoms with Crippen molar-refractivity contribution in [3.05, 3.63) is 24.3 Å². The van der Waals surface area contributed by atoms with E-state index in [4.69, 9.17) is 30.0 Å². The van der Waals surface area contributed by atoms with Crippen molar-refractivity contribution in [1.29, 1.82) is 0 Å². The van der Waals surface area contributed by atoms with Crippen LogP contribution in [0.25, 0.3) is 0 Å². The number of hydrogen-bond donors (Lipinski definition) is 4. The van der Waals surface area contributed by atoms with Gasteiger partial charge in [0.1, 0.15) is 0 Å². The van der Waals surface area contributed by atoms with E-state index in [1.807, 2.05) is 13.8 Å². The first kappa shape index (κ1) is 21.7. The van der Waals surface area contributed by atoms with Crippen molar-refractivity contribution in [2.24, 2.45) is 11.8 Å². The Morgan fingerprint density at radius 1 is 0.955 bits per heavy atom. The zero-order chi connectivity index (χ0) is 17.9. The van der Waals surface area contributed by atoms with Crippen molar-refractivity contribution in [2.45, 2.75) is 26.7 Å². The van der Waals surface area contributed by atoms with Crippen molar-refractivity contribution in [3.8, 4) is 0 Å². The summed E-state index contributed by atoms with van der Waals surface area (Å²) in [4.78, 5) is 39.3. The highest BCUT2D eigenvalue weighted by molar-refractivity contribution is 6.27. The Hall–Kier alpha value is -2.64. The highest BCUT2D eigenvalue weighted by atomic mass is 16.4. The molecule has 0 amide bonds. The van der Waals surface area contributed by atoms with E-state index in [0.717, 1.165) is 0 Å². The van der Waals surface area contributed by atoms with Crippen molar-refractivity contribution in [2.75, 3.05) is 0 Å². The van der Waals surface area contributed by atoms with Gasteiger partial charge >= 0.3 is 23.9 Å². The normalized spacial score (nSPS) is 18.6. The summed E-state index contributed by atoms with van der Waals surface area (Å²) in [6.45, 7) is 7.50. The molecule has 0 aliphatic heterocycles. The molecule has 0 spiro atoms. The Balaban J connectivity index is 0. The Morgan fingerprint density at radius 2 is 1.36 bits per heavy atom. The summed E-state index contributed by atoms with van der Waals surface area (Å²) in [7, 11) is 0. The molecule has 0 radical (unpaired) electrons. The number of carboxylic acids is 4. The molecule has 0 aromatic carbocycles. The first-order valence-electron chi connectivity index (χ1n) is 6.21. The third-order valence-electron chi connectivity index (χ3n) is 2.21. The van der Waals surface area contributed by atoms with Crippen LogP contribution in [0.15, 0.2) is 24.3 Å². The van der Waals surface area contributed by atoms with Crippen LogP contribution in [0.2, 0.25) is 0 Å². The van der Waals surface area contributed by atoms with E-state index < -0.39 is 35.7 Å². The highest BCUT2D eigenvalue weighted by Gasteiger charge is 2.32. The Bertz CT molecular complexity index is 447. The minimum absolute atomic E-state index is 0.419. The number of allylic oxidation sites excluding steroid dienone is 2. The fourth-order valence-corrected chi connectivity index (χ4v) is 1.36. The van der Waals surface area contributed by atoms with Gasteiger partial charge in [0.2, 0.25) is 0 Å². The Kier molecular flexibility index (Phi) is 10.9. The van der Waals surface area contributed by atoms with E-state index in [2.05, 4.69) is 6.58 Å². The van der Waals surface area contributed by atoms with Crippen LogP contribution in [-0.4, -0.2) is 44.3 Å². The lowest BCUT2D eigenvalue weighted by molar-refractivity contribution is -0.159. The van der Waals surface area contributed by atoms with Crippen molar-refractivity contribution < 1.29 is 39.6 Å². The third-order valence-corrected chi connectivity index (χ3v) is 2.21. The lowest BCUT2D eigenvalue weighted by Crippen LogP contribution is -2.30. The molecule has 4 N–H and O–H groups in total. The summed E-state index contributed by atoms with van der Waals surface area (Å²) in [6, 6.07) is 0. The predicted octanol–water partition coefficient (Wildman–Crippen LogP) is 1.48. The smallest absolute Gasteiger partial charge is 0.414 e. The quantitative estimate of drug-likeness (QED) is 0.442. The molecule has 8 nitrogen and oxygen atoms in total. The summed E-state index contributed by atoms with van der Waals surface area (Å²) in [5, 5.41) is 32.1. The Labute approximate surface area is 127 Å². The van der Waals surface area contributed by atoms with Gasteiger partial charge in [0, 0.05) is 0 Å². The molecule has 0 aromatic heterocycles. The van der Waals surface area contributed by atoms with Gasteiger partial charge in [-0.25, -0.2) is 9.59 Å². The van der Waals surface area contributed by atoms with E-state index in [9.17, 15) is 9.59 Å². The van der Waals surface area contributed by atoms with E-state index in [1.54, 1.807) is 6.08 Å². The van der Waals surface area contributed by atoms with E-state index in [1.165, 1.54) is 11.6 Å². The monoisotopic (exact) mass is 316 g/mol. The zero-order valence-corrected chi connectivity index (χ0v) is 12.4. The van der Waals surface area contributed by atoms with Gasteiger partial charge in [-0.05, 0) is 26.7 Å². The molecule has 0 bridgehead atoms. The van der Waals surface area contributed by atoms with Crippen LogP contribution in [0.4, 0.5) is 0 Å². The molecule has 0 saturated heterocycles. The van der Waals surface area contributed by atoms with Gasteiger partial charge < -0.3 is 20.4 Å². The zero-order valence-electron chi connectivity index (χ0n) is 12.4. The molecule has 1 aliphatic carbocycles. The summed E-state index contributed by atoms with van der Waals surface area (Å²) >= 11 is 0. The van der Waals surface area contributed by atoms with Gasteiger partial charge in [-0.2, -0.15) is 0 Å². The van der Waals surface area contributed by atoms with Crippen LogP contribution in [0, 0.1) is 11.8 Å². The highest BCUT2D eigenvalue weighted by Crippen LogP contribution is 2.24. The molecule has 0 fully saturated rings. The maximum absolute atomic E-state index is 10.6. The van der Waals surface area contributed by atoms with Crippen LogP contribution >= 0.6 is 0 Å². The van der Waals surface area contributed by atoms with Crippen molar-refractivity contribution in [1.82, 2.24) is 0 Å². The summed E-state index contributed by atoms with van der Waals surface area (Å²) in [5.74, 6) is -7.33. The average Bonchev–Trinajstić information content (AvgIpc) is 2.38. The number of hydrogen-bond acceptors (Lipinski definition) is 4. The molecule has 8 heteroatoms. The Morgan fingerprint density at radius 3 is 1.59 bits per heavy atom. The summed E-state index contributed by atoms with van der Waals surface area (Å²) in [6.07, 6.45) is 4.26. The molecule has 124 valence electrons. The van der Waals surface area contributed by atoms with Crippen LogP contribution in [-0.2, 0) is 19.2 Å². The van der Waals surface area contributed by atoms with Crippen molar-refractivity contribution in [3.63, 3.8) is 0 Å². The standard InChI is InChI=1S/C8H10O4.C4H8.C2H2O4/c9-7(10)5-3-1-2-4-6(5)8(11)12;1-4(2)3;3-1(4)2(5)6/h1,3,5-6H,2,4H2,(H,9,10)(H,11,12);1H2,2-3H3;(H,3,4)(H,5,6). The fraction of sp³-hybridized carbons (Fsp3) is 0.429. The van der Waals surface area contributed by atoms with E-state index in [-0.39, 0.29) is 0 Å². The number of carbonyl (C=O) groups is 4. The van der Waals surface area contributed by atoms with Crippen LogP contribution in [0.1, 0.15) is 26.7 Å². The predicted molar refractivity (Wildman–Crippen MR) is 76.4 cm³/mol. The molecular weight excluding hydrogens is 296 g/mol. The minimum Gasteiger partial charge on any atom is -0.481 e. The molecule has 22 heavy (non-hydrogen) atoms. The summed E-state index contributed by atoms with van der Waals surface area (Å²) < 4.78 is 0. The molecule has 1 rings (SSSR count). The first-order valence-corrected chi connectivity index (χ1v) is 6.21. The summed E-state index contributed by atoms with van der Waals surface area (Å²) in [5.41, 5.74) is 1.17. The SMILES string of the molecule is C=C(C)C.O=C(O)C(=O)O.O=C(O)C1C=CCCC1C(=O)O. The second kappa shape index (κ2) is 11.1. The maximum atomic E-state index is 10.6. The maximum Gasteiger partial charge on any atom is 0.414 e. The number of rotatable bonds is 2. The second-order valence-corrected chi connectivity index (χ2v) is 4.63. The first-order chi connectivity index (χ1) is 10.0. The topological polar surface area (TPSA) is 149 Å². The van der Waals surface area contributed by atoms with Gasteiger partial charge in [0.25, 0.3) is 0 Å². The van der Waals surface area contributed by atoms with Crippen LogP contribution < -0.4 is 0 Å². The number of aliphatic carboxylic acids is 4. The van der Waals surface area contributed by atoms with E-state index >= 15 is 0 Å². The van der Waals surface area contributed by atoms with Crippen LogP contribution in [0.5, 0.6) is 0 Å². The average molecular weight is 316 g/mol. The van der Waals surface area contributed by atoms with E-state index in [0.29, 0.717) is 12.8 Å². The molecule has 0 heterocycles. The lowest BCUT2D eigenvalue weighted by Gasteiger charge is -2.19. The van der Waals surface area contributed by atoms with Gasteiger partial charge in [0.15, 0.2) is 0 Å². The molecule has 0 aromatic rings. The van der Waals surface area contributed by atoms with Gasteiger partial charge in [-0.1, -0.05) is 17.7 Å². The van der Waals surface area contributed by atoms with Crippen molar-refractivity contribution >= 4 is 23.9 Å². The lowest BCUT2D eigenvalue weighted by atomic mass is 9.84. The fourth-order valence-electron chi connectivity index (χ4n) is 1.36. The minimum atomic E-state index is -1.82. The van der Waals surface area contributed by atoms with Gasteiger partial charge in [-0.3, -0.25) is 9.59 Å². The van der Waals surface area contributed by atoms with Gasteiger partial charge in [-0.15, -0.1) is 6.58 Å². The largest absolute Gasteiger partial charge is 0.481 e. The second-order valence-electron chi connectivity index (χ2n) is 4.63. The molecule has 1 aliphatic rings. The van der Waals surface area contributed by atoms with Crippen LogP contribution in [0.3, 0.4) is 0 Å².